The number of hydrogen-bond donors (Lipinski definition) is 2. The molecule has 0 heterocycles. The minimum Gasteiger partial charge on any atom is -0.382 e. The summed E-state index contributed by atoms with van der Waals surface area (Å²) in [6.07, 6.45) is 0.922. The van der Waals surface area contributed by atoms with Gasteiger partial charge in [-0.3, -0.25) is 4.99 Å². The molecule has 0 aromatic heterocycles. The highest BCUT2D eigenvalue weighted by molar-refractivity contribution is 14.0. The zero-order chi connectivity index (χ0) is 19.2. The molecule has 6 heteroatoms. The topological polar surface area (TPSA) is 54.9 Å². The molecule has 0 saturated heterocycles. The minimum atomic E-state index is 0. The number of halogens is 1. The average molecular weight is 497 g/mol. The molecule has 2 rings (SSSR count). The van der Waals surface area contributed by atoms with Gasteiger partial charge in [0.15, 0.2) is 5.96 Å². The van der Waals surface area contributed by atoms with Crippen molar-refractivity contribution >= 4 is 29.9 Å². The number of ether oxygens (including phenoxy) is 2. The zero-order valence-electron chi connectivity index (χ0n) is 16.8. The van der Waals surface area contributed by atoms with Crippen molar-refractivity contribution in [2.24, 2.45) is 4.99 Å². The molecular weight excluding hydrogens is 465 g/mol. The predicted molar refractivity (Wildman–Crippen MR) is 127 cm³/mol. The Bertz CT molecular complexity index is 614. The molecule has 0 bridgehead atoms. The van der Waals surface area contributed by atoms with E-state index in [1.54, 1.807) is 14.2 Å². The van der Waals surface area contributed by atoms with E-state index in [2.05, 4.69) is 64.2 Å². The Balaban J connectivity index is 0.00000392. The van der Waals surface area contributed by atoms with E-state index in [0.29, 0.717) is 19.8 Å². The summed E-state index contributed by atoms with van der Waals surface area (Å²) in [6.45, 7) is 3.58. The summed E-state index contributed by atoms with van der Waals surface area (Å²) in [6, 6.07) is 21.1. The maximum atomic E-state index is 5.48. The van der Waals surface area contributed by atoms with Crippen LogP contribution in [0.3, 0.4) is 0 Å². The first-order valence-corrected chi connectivity index (χ1v) is 9.46. The summed E-state index contributed by atoms with van der Waals surface area (Å²) in [5.74, 6) is 1.08. The molecule has 0 aliphatic rings. The molecule has 154 valence electrons. The highest BCUT2D eigenvalue weighted by atomic mass is 127. The van der Waals surface area contributed by atoms with Crippen molar-refractivity contribution in [2.45, 2.75) is 12.3 Å². The van der Waals surface area contributed by atoms with Gasteiger partial charge in [-0.2, -0.15) is 0 Å². The fraction of sp³-hybridized carbons (Fsp3) is 0.409. The highest BCUT2D eigenvalue weighted by Gasteiger charge is 2.14. The number of hydrogen-bond acceptors (Lipinski definition) is 3. The number of benzene rings is 2. The Morgan fingerprint density at radius 3 is 2.04 bits per heavy atom. The number of rotatable bonds is 11. The fourth-order valence-electron chi connectivity index (χ4n) is 2.84. The van der Waals surface area contributed by atoms with Crippen molar-refractivity contribution in [3.63, 3.8) is 0 Å². The molecule has 0 fully saturated rings. The number of guanidine groups is 1. The molecule has 0 radical (unpaired) electrons. The van der Waals surface area contributed by atoms with Gasteiger partial charge in [0.2, 0.25) is 0 Å². The lowest BCUT2D eigenvalue weighted by atomic mass is 9.91. The van der Waals surface area contributed by atoms with Gasteiger partial charge in [-0.1, -0.05) is 60.7 Å². The van der Waals surface area contributed by atoms with Gasteiger partial charge in [0, 0.05) is 39.8 Å². The van der Waals surface area contributed by atoms with Crippen molar-refractivity contribution in [2.75, 3.05) is 47.1 Å². The first-order valence-electron chi connectivity index (χ1n) is 9.46. The normalized spacial score (nSPS) is 11.2. The summed E-state index contributed by atoms with van der Waals surface area (Å²) in [4.78, 5) is 4.33. The van der Waals surface area contributed by atoms with Crippen LogP contribution in [0, 0.1) is 0 Å². The molecule has 0 aliphatic carbocycles. The SMILES string of the molecule is CN=C(NCCCOCCOC)NCC(c1ccccc1)c1ccccc1.I. The quantitative estimate of drug-likeness (QED) is 0.216. The molecule has 2 aromatic rings. The Hall–Kier alpha value is -1.64. The molecule has 2 aromatic carbocycles. The highest BCUT2D eigenvalue weighted by Crippen LogP contribution is 2.23. The van der Waals surface area contributed by atoms with Gasteiger partial charge in [-0.05, 0) is 17.5 Å². The van der Waals surface area contributed by atoms with Gasteiger partial charge in [0.1, 0.15) is 0 Å². The van der Waals surface area contributed by atoms with Gasteiger partial charge in [0.25, 0.3) is 0 Å². The van der Waals surface area contributed by atoms with E-state index in [4.69, 9.17) is 9.47 Å². The zero-order valence-corrected chi connectivity index (χ0v) is 19.1. The molecule has 0 saturated carbocycles. The third kappa shape index (κ3) is 9.03. The molecular formula is C22H32IN3O2. The maximum Gasteiger partial charge on any atom is 0.191 e. The lowest BCUT2D eigenvalue weighted by Gasteiger charge is -2.20. The molecule has 0 atom stereocenters. The monoisotopic (exact) mass is 497 g/mol. The number of methoxy groups -OCH3 is 1. The van der Waals surface area contributed by atoms with Crippen molar-refractivity contribution in [1.82, 2.24) is 10.6 Å². The van der Waals surface area contributed by atoms with Gasteiger partial charge in [-0.15, -0.1) is 24.0 Å². The third-order valence-electron chi connectivity index (χ3n) is 4.29. The van der Waals surface area contributed by atoms with Crippen molar-refractivity contribution in [3.8, 4) is 0 Å². The molecule has 5 nitrogen and oxygen atoms in total. The second-order valence-corrected chi connectivity index (χ2v) is 6.21. The predicted octanol–water partition coefficient (Wildman–Crippen LogP) is 3.65. The fourth-order valence-corrected chi connectivity index (χ4v) is 2.84. The molecule has 0 spiro atoms. The summed E-state index contributed by atoms with van der Waals surface area (Å²) < 4.78 is 10.4. The lowest BCUT2D eigenvalue weighted by molar-refractivity contribution is 0.0698. The summed E-state index contributed by atoms with van der Waals surface area (Å²) in [7, 11) is 3.48. The summed E-state index contributed by atoms with van der Waals surface area (Å²) in [5.41, 5.74) is 2.58. The van der Waals surface area contributed by atoms with E-state index in [1.165, 1.54) is 11.1 Å². The Kier molecular flexibility index (Phi) is 13.3. The van der Waals surface area contributed by atoms with E-state index in [9.17, 15) is 0 Å². The van der Waals surface area contributed by atoms with Gasteiger partial charge < -0.3 is 20.1 Å². The second kappa shape index (κ2) is 15.3. The first kappa shape index (κ1) is 24.4. The van der Waals surface area contributed by atoms with Crippen molar-refractivity contribution in [1.29, 1.82) is 0 Å². The lowest BCUT2D eigenvalue weighted by Crippen LogP contribution is -2.40. The van der Waals surface area contributed by atoms with E-state index >= 15 is 0 Å². The van der Waals surface area contributed by atoms with Crippen molar-refractivity contribution < 1.29 is 9.47 Å². The maximum absolute atomic E-state index is 5.48. The smallest absolute Gasteiger partial charge is 0.191 e. The van der Waals surface area contributed by atoms with Crippen LogP contribution in [-0.4, -0.2) is 53.0 Å². The molecule has 2 N–H and O–H groups in total. The van der Waals surface area contributed by atoms with Gasteiger partial charge in [-0.25, -0.2) is 0 Å². The average Bonchev–Trinajstić information content (AvgIpc) is 2.73. The summed E-state index contributed by atoms with van der Waals surface area (Å²) in [5, 5.41) is 6.80. The number of nitrogens with one attached hydrogen (secondary N) is 2. The van der Waals surface area contributed by atoms with E-state index < -0.39 is 0 Å². The van der Waals surface area contributed by atoms with Crippen LogP contribution in [-0.2, 0) is 9.47 Å². The van der Waals surface area contributed by atoms with Crippen LogP contribution in [0.2, 0.25) is 0 Å². The first-order chi connectivity index (χ1) is 13.3. The Morgan fingerprint density at radius 1 is 0.893 bits per heavy atom. The van der Waals surface area contributed by atoms with Crippen LogP contribution >= 0.6 is 24.0 Å². The van der Waals surface area contributed by atoms with Crippen LogP contribution < -0.4 is 10.6 Å². The minimum absolute atomic E-state index is 0. The third-order valence-corrected chi connectivity index (χ3v) is 4.29. The van der Waals surface area contributed by atoms with Gasteiger partial charge >= 0.3 is 0 Å². The van der Waals surface area contributed by atoms with Gasteiger partial charge in [0.05, 0.1) is 13.2 Å². The summed E-state index contributed by atoms with van der Waals surface area (Å²) >= 11 is 0. The van der Waals surface area contributed by atoms with Crippen LogP contribution in [0.15, 0.2) is 65.7 Å². The van der Waals surface area contributed by atoms with E-state index in [1.807, 2.05) is 12.1 Å². The van der Waals surface area contributed by atoms with Crippen LogP contribution in [0.4, 0.5) is 0 Å². The molecule has 0 amide bonds. The van der Waals surface area contributed by atoms with Crippen LogP contribution in [0.25, 0.3) is 0 Å². The van der Waals surface area contributed by atoms with Crippen molar-refractivity contribution in [3.05, 3.63) is 71.8 Å². The van der Waals surface area contributed by atoms with E-state index in [0.717, 1.165) is 25.5 Å². The Morgan fingerprint density at radius 2 is 1.50 bits per heavy atom. The number of nitrogens with zero attached hydrogens (tertiary/aromatic N) is 1. The van der Waals surface area contributed by atoms with Crippen LogP contribution in [0.5, 0.6) is 0 Å². The number of aliphatic imine (C=N–C) groups is 1. The van der Waals surface area contributed by atoms with Crippen LogP contribution in [0.1, 0.15) is 23.5 Å². The largest absolute Gasteiger partial charge is 0.382 e. The second-order valence-electron chi connectivity index (χ2n) is 6.21. The van der Waals surface area contributed by atoms with E-state index in [-0.39, 0.29) is 29.9 Å². The molecule has 0 aliphatic heterocycles. The molecule has 0 unspecified atom stereocenters. The standard InChI is InChI=1S/C22H31N3O2.HI/c1-23-22(24-14-9-15-27-17-16-26-2)25-18-21(19-10-5-3-6-11-19)20-12-7-4-8-13-20;/h3-8,10-13,21H,9,14-18H2,1-2H3,(H2,23,24,25);1H. The molecule has 28 heavy (non-hydrogen) atoms. The Labute approximate surface area is 186 Å².